The minimum absolute atomic E-state index is 0.0978. The zero-order valence-corrected chi connectivity index (χ0v) is 21.3. The van der Waals surface area contributed by atoms with Crippen molar-refractivity contribution >= 4 is 0 Å². The molecule has 182 valence electrons. The molecule has 1 heterocycles. The van der Waals surface area contributed by atoms with Crippen LogP contribution in [0.4, 0.5) is 0 Å². The van der Waals surface area contributed by atoms with Crippen LogP contribution in [0.5, 0.6) is 5.75 Å². The summed E-state index contributed by atoms with van der Waals surface area (Å²) < 4.78 is 11.3. The van der Waals surface area contributed by atoms with Gasteiger partial charge < -0.3 is 9.47 Å². The molecule has 2 atom stereocenters. The fourth-order valence-electron chi connectivity index (χ4n) is 4.13. The van der Waals surface area contributed by atoms with Crippen molar-refractivity contribution in [1.82, 2.24) is 9.97 Å². The second kappa shape index (κ2) is 13.9. The van der Waals surface area contributed by atoms with Crippen LogP contribution >= 0.6 is 0 Å². The van der Waals surface area contributed by atoms with Crippen LogP contribution in [0.15, 0.2) is 60.9 Å². The Hall–Kier alpha value is -2.72. The third-order valence-electron chi connectivity index (χ3n) is 6.27. The molecule has 0 amide bonds. The van der Waals surface area contributed by atoms with E-state index >= 15 is 0 Å². The minimum atomic E-state index is 0.0978. The first-order chi connectivity index (χ1) is 16.6. The van der Waals surface area contributed by atoms with E-state index in [1.807, 2.05) is 24.5 Å². The molecule has 0 bridgehead atoms. The molecule has 4 nitrogen and oxygen atoms in total. The van der Waals surface area contributed by atoms with Crippen LogP contribution in [-0.4, -0.2) is 29.3 Å². The number of nitrogens with zero attached hydrogens (tertiary/aromatic N) is 2. The van der Waals surface area contributed by atoms with Gasteiger partial charge in [0.15, 0.2) is 5.82 Å². The molecule has 0 radical (unpaired) electrons. The van der Waals surface area contributed by atoms with E-state index < -0.39 is 0 Å². The van der Waals surface area contributed by atoms with Crippen molar-refractivity contribution in [3.63, 3.8) is 0 Å². The van der Waals surface area contributed by atoms with Gasteiger partial charge >= 0.3 is 0 Å². The first-order valence-electron chi connectivity index (χ1n) is 12.8. The SMILES string of the molecule is CCCCCCCCc1ccc(-c2ncc(-c3ccc(O[C@H](C)C[C@H](C)OC)cc3)cn2)cc1. The summed E-state index contributed by atoms with van der Waals surface area (Å²) in [5, 5.41) is 0. The van der Waals surface area contributed by atoms with Gasteiger partial charge in [0.05, 0.1) is 12.2 Å². The van der Waals surface area contributed by atoms with Crippen molar-refractivity contribution in [2.45, 2.75) is 84.3 Å². The standard InChI is InChI=1S/C30H40N2O2/c1-5-6-7-8-9-10-11-25-12-14-27(15-13-25)30-31-21-28(22-32-30)26-16-18-29(19-17-26)34-24(3)20-23(2)33-4/h12-19,21-24H,5-11,20H2,1-4H3/t23-,24+/m0/s1. The van der Waals surface area contributed by atoms with Gasteiger partial charge in [-0.15, -0.1) is 0 Å². The Bertz CT molecular complexity index is 953. The lowest BCUT2D eigenvalue weighted by Gasteiger charge is -2.18. The fraction of sp³-hybridized carbons (Fsp3) is 0.467. The summed E-state index contributed by atoms with van der Waals surface area (Å²) in [6.07, 6.45) is 14.1. The molecule has 2 aromatic carbocycles. The van der Waals surface area contributed by atoms with Crippen molar-refractivity contribution in [1.29, 1.82) is 0 Å². The van der Waals surface area contributed by atoms with E-state index in [9.17, 15) is 0 Å². The highest BCUT2D eigenvalue weighted by molar-refractivity contribution is 5.64. The maximum atomic E-state index is 6.00. The number of hydrogen-bond acceptors (Lipinski definition) is 4. The number of hydrogen-bond donors (Lipinski definition) is 0. The predicted octanol–water partition coefficient (Wildman–Crippen LogP) is 7.91. The van der Waals surface area contributed by atoms with Crippen LogP contribution in [-0.2, 0) is 11.2 Å². The molecule has 4 heteroatoms. The maximum absolute atomic E-state index is 6.00. The molecule has 0 N–H and O–H groups in total. The number of aryl methyl sites for hydroxylation is 1. The van der Waals surface area contributed by atoms with E-state index in [1.54, 1.807) is 7.11 Å². The lowest BCUT2D eigenvalue weighted by Crippen LogP contribution is -2.19. The normalized spacial score (nSPS) is 12.9. The molecule has 0 saturated heterocycles. The molecule has 0 unspecified atom stereocenters. The zero-order chi connectivity index (χ0) is 24.2. The number of ether oxygens (including phenoxy) is 2. The Labute approximate surface area is 205 Å². The molecular formula is C30H40N2O2. The number of aromatic nitrogens is 2. The molecule has 0 spiro atoms. The molecule has 3 rings (SSSR count). The molecule has 0 aliphatic heterocycles. The van der Waals surface area contributed by atoms with Crippen LogP contribution in [0.1, 0.15) is 71.3 Å². The highest BCUT2D eigenvalue weighted by atomic mass is 16.5. The summed E-state index contributed by atoms with van der Waals surface area (Å²) in [5.41, 5.74) is 4.52. The van der Waals surface area contributed by atoms with Gasteiger partial charge in [0.25, 0.3) is 0 Å². The van der Waals surface area contributed by atoms with E-state index in [-0.39, 0.29) is 12.2 Å². The Morgan fingerprint density at radius 2 is 1.32 bits per heavy atom. The van der Waals surface area contributed by atoms with Gasteiger partial charge in [-0.3, -0.25) is 0 Å². The van der Waals surface area contributed by atoms with Crippen molar-refractivity contribution < 1.29 is 9.47 Å². The molecule has 1 aromatic heterocycles. The third-order valence-corrected chi connectivity index (χ3v) is 6.27. The van der Waals surface area contributed by atoms with Crippen LogP contribution < -0.4 is 4.74 Å². The van der Waals surface area contributed by atoms with Crippen LogP contribution in [0.25, 0.3) is 22.5 Å². The Kier molecular flexibility index (Phi) is 10.6. The van der Waals surface area contributed by atoms with Crippen LogP contribution in [0.2, 0.25) is 0 Å². The second-order valence-corrected chi connectivity index (χ2v) is 9.24. The quantitative estimate of drug-likeness (QED) is 0.229. The number of methoxy groups -OCH3 is 1. The average Bonchev–Trinajstić information content (AvgIpc) is 2.87. The summed E-state index contributed by atoms with van der Waals surface area (Å²) in [5.74, 6) is 1.62. The number of rotatable bonds is 14. The molecule has 0 fully saturated rings. The van der Waals surface area contributed by atoms with E-state index in [1.165, 1.54) is 44.1 Å². The summed E-state index contributed by atoms with van der Waals surface area (Å²) in [4.78, 5) is 9.23. The third kappa shape index (κ3) is 8.25. The van der Waals surface area contributed by atoms with E-state index in [0.717, 1.165) is 41.1 Å². The maximum Gasteiger partial charge on any atom is 0.159 e. The van der Waals surface area contributed by atoms with Gasteiger partial charge in [0.1, 0.15) is 5.75 Å². The lowest BCUT2D eigenvalue weighted by atomic mass is 10.0. The van der Waals surface area contributed by atoms with Gasteiger partial charge in [-0.05, 0) is 49.9 Å². The average molecular weight is 461 g/mol. The monoisotopic (exact) mass is 460 g/mol. The smallest absolute Gasteiger partial charge is 0.159 e. The number of unbranched alkanes of at least 4 members (excludes halogenated alkanes) is 5. The molecule has 3 aromatic rings. The van der Waals surface area contributed by atoms with E-state index in [4.69, 9.17) is 9.47 Å². The van der Waals surface area contributed by atoms with Crippen LogP contribution in [0.3, 0.4) is 0 Å². The van der Waals surface area contributed by atoms with Gasteiger partial charge in [0.2, 0.25) is 0 Å². The summed E-state index contributed by atoms with van der Waals surface area (Å²) in [6.45, 7) is 6.38. The molecule has 0 saturated carbocycles. The molecule has 0 aliphatic rings. The molecule has 0 aliphatic carbocycles. The van der Waals surface area contributed by atoms with Crippen molar-refractivity contribution in [2.24, 2.45) is 0 Å². The summed E-state index contributed by atoms with van der Waals surface area (Å²) >= 11 is 0. The highest BCUT2D eigenvalue weighted by Crippen LogP contribution is 2.24. The van der Waals surface area contributed by atoms with Crippen molar-refractivity contribution in [2.75, 3.05) is 7.11 Å². The molecule has 34 heavy (non-hydrogen) atoms. The predicted molar refractivity (Wildman–Crippen MR) is 141 cm³/mol. The second-order valence-electron chi connectivity index (χ2n) is 9.24. The minimum Gasteiger partial charge on any atom is -0.491 e. The summed E-state index contributed by atoms with van der Waals surface area (Å²) in [6, 6.07) is 16.8. The van der Waals surface area contributed by atoms with Gasteiger partial charge in [-0.2, -0.15) is 0 Å². The first-order valence-corrected chi connectivity index (χ1v) is 12.8. The van der Waals surface area contributed by atoms with E-state index in [0.29, 0.717) is 0 Å². The fourth-order valence-corrected chi connectivity index (χ4v) is 4.13. The van der Waals surface area contributed by atoms with Gasteiger partial charge in [0, 0.05) is 37.1 Å². The topological polar surface area (TPSA) is 44.2 Å². The van der Waals surface area contributed by atoms with E-state index in [2.05, 4.69) is 67.1 Å². The number of benzene rings is 2. The summed E-state index contributed by atoms with van der Waals surface area (Å²) in [7, 11) is 1.73. The highest BCUT2D eigenvalue weighted by Gasteiger charge is 2.10. The van der Waals surface area contributed by atoms with Crippen molar-refractivity contribution in [3.05, 3.63) is 66.5 Å². The Morgan fingerprint density at radius 1 is 0.706 bits per heavy atom. The van der Waals surface area contributed by atoms with Crippen molar-refractivity contribution in [3.8, 4) is 28.3 Å². The van der Waals surface area contributed by atoms with Gasteiger partial charge in [-0.25, -0.2) is 9.97 Å². The Balaban J connectivity index is 1.52. The molecular weight excluding hydrogens is 420 g/mol. The zero-order valence-electron chi connectivity index (χ0n) is 21.3. The lowest BCUT2D eigenvalue weighted by molar-refractivity contribution is 0.0719. The largest absolute Gasteiger partial charge is 0.491 e. The Morgan fingerprint density at radius 3 is 1.97 bits per heavy atom. The first kappa shape index (κ1) is 25.9. The van der Waals surface area contributed by atoms with Gasteiger partial charge in [-0.1, -0.05) is 75.4 Å². The van der Waals surface area contributed by atoms with Crippen LogP contribution in [0, 0.1) is 0 Å².